The van der Waals surface area contributed by atoms with Gasteiger partial charge in [0, 0.05) is 5.56 Å². The van der Waals surface area contributed by atoms with Crippen LogP contribution in [-0.4, -0.2) is 10.2 Å². The van der Waals surface area contributed by atoms with Gasteiger partial charge in [0.15, 0.2) is 0 Å². The van der Waals surface area contributed by atoms with Crippen LogP contribution in [0.4, 0.5) is 0 Å². The number of hydrogen-bond acceptors (Lipinski definition) is 4. The molecule has 0 saturated carbocycles. The SMILES string of the molecule is CCc1ccc([C@@H]2C(C#N)=C(N)Oc3n[nH]c(-c4ccc(C)cc4)c32)cc1. The molecule has 0 fully saturated rings. The molecule has 2 heterocycles. The van der Waals surface area contributed by atoms with Gasteiger partial charge in [-0.25, -0.2) is 0 Å². The highest BCUT2D eigenvalue weighted by atomic mass is 16.5. The summed E-state index contributed by atoms with van der Waals surface area (Å²) >= 11 is 0. The number of hydrogen-bond donors (Lipinski definition) is 2. The third kappa shape index (κ3) is 2.85. The minimum absolute atomic E-state index is 0.108. The van der Waals surface area contributed by atoms with Crippen molar-refractivity contribution in [3.63, 3.8) is 0 Å². The number of nitriles is 1. The quantitative estimate of drug-likeness (QED) is 0.737. The fraction of sp³-hybridized carbons (Fsp3) is 0.182. The molecule has 1 aliphatic rings. The number of fused-ring (bicyclic) bond motifs is 1. The Bertz CT molecular complexity index is 1050. The van der Waals surface area contributed by atoms with E-state index in [1.807, 2.05) is 31.2 Å². The monoisotopic (exact) mass is 356 g/mol. The molecule has 27 heavy (non-hydrogen) atoms. The van der Waals surface area contributed by atoms with Crippen molar-refractivity contribution in [2.24, 2.45) is 5.73 Å². The first-order valence-electron chi connectivity index (χ1n) is 8.94. The number of allylic oxidation sites excluding steroid dienone is 1. The van der Waals surface area contributed by atoms with Crippen LogP contribution in [0.1, 0.15) is 35.1 Å². The second-order valence-electron chi connectivity index (χ2n) is 6.70. The molecular formula is C22H20N4O. The van der Waals surface area contributed by atoms with Crippen molar-refractivity contribution in [2.75, 3.05) is 0 Å². The Kier molecular flexibility index (Phi) is 4.17. The van der Waals surface area contributed by atoms with E-state index >= 15 is 0 Å². The Balaban J connectivity index is 1.90. The molecule has 4 rings (SSSR count). The highest BCUT2D eigenvalue weighted by Crippen LogP contribution is 2.45. The van der Waals surface area contributed by atoms with Crippen molar-refractivity contribution < 1.29 is 4.74 Å². The summed E-state index contributed by atoms with van der Waals surface area (Å²) in [6.07, 6.45) is 0.961. The topological polar surface area (TPSA) is 87.7 Å². The second-order valence-corrected chi connectivity index (χ2v) is 6.70. The molecule has 0 amide bonds. The van der Waals surface area contributed by atoms with Crippen molar-refractivity contribution in [2.45, 2.75) is 26.2 Å². The number of ether oxygens (including phenoxy) is 1. The molecule has 0 spiro atoms. The molecule has 2 aromatic carbocycles. The number of aromatic amines is 1. The Hall–Kier alpha value is -3.52. The molecular weight excluding hydrogens is 336 g/mol. The van der Waals surface area contributed by atoms with Crippen LogP contribution in [0.2, 0.25) is 0 Å². The average molecular weight is 356 g/mol. The van der Waals surface area contributed by atoms with E-state index < -0.39 is 0 Å². The van der Waals surface area contributed by atoms with Gasteiger partial charge >= 0.3 is 0 Å². The third-order valence-corrected chi connectivity index (χ3v) is 5.00. The maximum Gasteiger partial charge on any atom is 0.244 e. The average Bonchev–Trinajstić information content (AvgIpc) is 3.11. The highest BCUT2D eigenvalue weighted by Gasteiger charge is 2.35. The number of nitrogens with zero attached hydrogens (tertiary/aromatic N) is 2. The number of rotatable bonds is 3. The summed E-state index contributed by atoms with van der Waals surface area (Å²) in [5.74, 6) is 0.211. The van der Waals surface area contributed by atoms with Crippen LogP contribution in [-0.2, 0) is 6.42 Å². The fourth-order valence-corrected chi connectivity index (χ4v) is 3.46. The molecule has 0 saturated heterocycles. The molecule has 0 unspecified atom stereocenters. The van der Waals surface area contributed by atoms with Gasteiger partial charge in [0.25, 0.3) is 0 Å². The lowest BCUT2D eigenvalue weighted by molar-refractivity contribution is 0.379. The zero-order chi connectivity index (χ0) is 19.0. The first-order valence-corrected chi connectivity index (χ1v) is 8.94. The van der Waals surface area contributed by atoms with Gasteiger partial charge in [0.05, 0.1) is 17.2 Å². The van der Waals surface area contributed by atoms with Crippen molar-refractivity contribution in [1.82, 2.24) is 10.2 Å². The van der Waals surface area contributed by atoms with E-state index in [4.69, 9.17) is 10.5 Å². The molecule has 0 bridgehead atoms. The molecule has 1 aliphatic heterocycles. The fourth-order valence-electron chi connectivity index (χ4n) is 3.46. The summed E-state index contributed by atoms with van der Waals surface area (Å²) < 4.78 is 5.65. The zero-order valence-corrected chi connectivity index (χ0v) is 15.3. The van der Waals surface area contributed by atoms with E-state index in [-0.39, 0.29) is 11.8 Å². The predicted octanol–water partition coefficient (Wildman–Crippen LogP) is 4.17. The van der Waals surface area contributed by atoms with Crippen molar-refractivity contribution in [1.29, 1.82) is 5.26 Å². The predicted molar refractivity (Wildman–Crippen MR) is 104 cm³/mol. The molecule has 3 aromatic rings. The lowest BCUT2D eigenvalue weighted by atomic mass is 9.82. The summed E-state index contributed by atoms with van der Waals surface area (Å²) in [6.45, 7) is 4.16. The Morgan fingerprint density at radius 2 is 1.85 bits per heavy atom. The van der Waals surface area contributed by atoms with Gasteiger partial charge in [-0.3, -0.25) is 5.10 Å². The lowest BCUT2D eigenvalue weighted by Crippen LogP contribution is -2.21. The molecule has 0 radical (unpaired) electrons. The van der Waals surface area contributed by atoms with E-state index in [1.165, 1.54) is 11.1 Å². The number of aromatic nitrogens is 2. The van der Waals surface area contributed by atoms with E-state index in [1.54, 1.807) is 0 Å². The maximum atomic E-state index is 9.76. The van der Waals surface area contributed by atoms with Crippen LogP contribution in [0.25, 0.3) is 11.3 Å². The summed E-state index contributed by atoms with van der Waals surface area (Å²) in [5.41, 5.74) is 12.5. The van der Waals surface area contributed by atoms with Crippen LogP contribution in [0.3, 0.4) is 0 Å². The van der Waals surface area contributed by atoms with Crippen LogP contribution in [0.5, 0.6) is 5.88 Å². The smallest absolute Gasteiger partial charge is 0.244 e. The normalized spacial score (nSPS) is 15.8. The summed E-state index contributed by atoms with van der Waals surface area (Å²) in [5, 5.41) is 17.1. The zero-order valence-electron chi connectivity index (χ0n) is 15.3. The molecule has 134 valence electrons. The summed E-state index contributed by atoms with van der Waals surface area (Å²) in [6, 6.07) is 18.7. The van der Waals surface area contributed by atoms with Crippen molar-refractivity contribution in [3.05, 3.63) is 82.2 Å². The van der Waals surface area contributed by atoms with E-state index in [0.717, 1.165) is 28.8 Å². The summed E-state index contributed by atoms with van der Waals surface area (Å²) in [7, 11) is 0. The lowest BCUT2D eigenvalue weighted by Gasteiger charge is -2.24. The van der Waals surface area contributed by atoms with Gasteiger partial charge in [-0.15, -0.1) is 5.10 Å². The van der Waals surface area contributed by atoms with Crippen LogP contribution in [0, 0.1) is 18.3 Å². The van der Waals surface area contributed by atoms with E-state index in [9.17, 15) is 5.26 Å². The number of nitrogens with one attached hydrogen (secondary N) is 1. The molecule has 5 heteroatoms. The first kappa shape index (κ1) is 16.9. The Labute approximate surface area is 158 Å². The standard InChI is InChI=1S/C22H20N4O/c1-3-14-6-10-15(11-7-14)18-17(12-23)21(24)27-22-19(18)20(25-26-22)16-8-4-13(2)5-9-16/h4-11,18H,3,24H2,1-2H3,(H,25,26)/t18-/m1/s1. The molecule has 1 aromatic heterocycles. The minimum atomic E-state index is -0.320. The van der Waals surface area contributed by atoms with Gasteiger partial charge in [-0.05, 0) is 24.5 Å². The van der Waals surface area contributed by atoms with Gasteiger partial charge in [-0.2, -0.15) is 5.26 Å². The number of benzene rings is 2. The van der Waals surface area contributed by atoms with Crippen molar-refractivity contribution in [3.8, 4) is 23.2 Å². The molecule has 1 atom stereocenters. The largest absolute Gasteiger partial charge is 0.420 e. The highest BCUT2D eigenvalue weighted by molar-refractivity contribution is 5.71. The van der Waals surface area contributed by atoms with Gasteiger partial charge in [0.1, 0.15) is 11.6 Å². The molecule has 5 nitrogen and oxygen atoms in total. The molecule has 3 N–H and O–H groups in total. The van der Waals surface area contributed by atoms with Crippen LogP contribution in [0.15, 0.2) is 60.0 Å². The first-order chi connectivity index (χ1) is 13.1. The number of H-pyrrole nitrogens is 1. The van der Waals surface area contributed by atoms with E-state index in [0.29, 0.717) is 11.5 Å². The Morgan fingerprint density at radius 3 is 2.48 bits per heavy atom. The minimum Gasteiger partial charge on any atom is -0.420 e. The number of nitrogens with two attached hydrogens (primary N) is 1. The Morgan fingerprint density at radius 1 is 1.15 bits per heavy atom. The third-order valence-electron chi connectivity index (χ3n) is 5.00. The van der Waals surface area contributed by atoms with Gasteiger partial charge in [-0.1, -0.05) is 61.0 Å². The maximum absolute atomic E-state index is 9.76. The number of aryl methyl sites for hydroxylation is 2. The van der Waals surface area contributed by atoms with E-state index in [2.05, 4.69) is 47.5 Å². The van der Waals surface area contributed by atoms with Crippen molar-refractivity contribution >= 4 is 0 Å². The summed E-state index contributed by atoms with van der Waals surface area (Å²) in [4.78, 5) is 0. The molecule has 0 aliphatic carbocycles. The van der Waals surface area contributed by atoms with Gasteiger partial charge < -0.3 is 10.5 Å². The van der Waals surface area contributed by atoms with Crippen LogP contribution < -0.4 is 10.5 Å². The second kappa shape index (κ2) is 6.65. The van der Waals surface area contributed by atoms with Gasteiger partial charge in [0.2, 0.25) is 11.8 Å². The van der Waals surface area contributed by atoms with Crippen LogP contribution >= 0.6 is 0 Å².